The Labute approximate surface area is 220 Å². The summed E-state index contributed by atoms with van der Waals surface area (Å²) in [5.74, 6) is 0. The first-order valence-electron chi connectivity index (χ1n) is 12.1. The summed E-state index contributed by atoms with van der Waals surface area (Å²) in [4.78, 5) is 50.5. The van der Waals surface area contributed by atoms with Crippen LogP contribution in [0.4, 0.5) is 0 Å². The number of aliphatic hydroxyl groups excluding tert-OH is 3. The summed E-state index contributed by atoms with van der Waals surface area (Å²) in [6.07, 6.45) is -3.40. The van der Waals surface area contributed by atoms with E-state index >= 15 is 0 Å². The molecule has 7 atom stereocenters. The third kappa shape index (κ3) is 6.07. The first kappa shape index (κ1) is 29.3. The Hall–Kier alpha value is -2.69. The Bertz CT molecular complexity index is 1500. The van der Waals surface area contributed by atoms with Gasteiger partial charge in [-0.3, -0.25) is 32.8 Å². The van der Waals surface area contributed by atoms with Crippen molar-refractivity contribution in [3.63, 3.8) is 0 Å². The largest absolute Gasteiger partial charge is 0.394 e. The number of hydrogen-bond acceptors (Lipinski definition) is 12. The second-order valence-corrected chi connectivity index (χ2v) is 11.5. The quantitative estimate of drug-likeness (QED) is 0.241. The van der Waals surface area contributed by atoms with E-state index in [2.05, 4.69) is 4.98 Å². The number of ether oxygens (including phenoxy) is 2. The molecule has 2 fully saturated rings. The lowest BCUT2D eigenvalue weighted by Gasteiger charge is -2.23. The molecule has 0 radical (unpaired) electrons. The van der Waals surface area contributed by atoms with E-state index in [0.29, 0.717) is 5.56 Å². The molecule has 4 heterocycles. The SMILES string of the molecule is Cc1cn([C@H]2C[C@H](O)[C@@H](CO[P@](C)(=O)O[C@H]3C[C@H](n4cc(CO)c(=O)[nH]c4=O)O[C@@H]3CO)O2)c(=O)n(C)c1=O. The van der Waals surface area contributed by atoms with Crippen LogP contribution in [0.5, 0.6) is 0 Å². The van der Waals surface area contributed by atoms with Gasteiger partial charge in [-0.2, -0.15) is 0 Å². The standard InChI is InChI=1S/C22H31N4O12P/c1-11-6-26(22(33)24(2)20(11)31)17-4-13(29)16(37-17)10-35-39(3,34)38-14-5-18(36-15(14)9-28)25-7-12(8-27)19(30)23-21(25)32/h6-7,13-18,27-29H,4-5,8-10H2,1-3H3,(H,23,30,32)/t13-,14-,15+,16+,17+,18+,39-/m0/s1. The van der Waals surface area contributed by atoms with Crippen LogP contribution in [-0.4, -0.2) is 78.3 Å². The van der Waals surface area contributed by atoms with E-state index in [1.54, 1.807) is 6.92 Å². The van der Waals surface area contributed by atoms with Gasteiger partial charge in [0.2, 0.25) is 0 Å². The van der Waals surface area contributed by atoms with E-state index in [0.717, 1.165) is 15.3 Å². The minimum Gasteiger partial charge on any atom is -0.394 e. The minimum absolute atomic E-state index is 0.0227. The molecule has 216 valence electrons. The van der Waals surface area contributed by atoms with E-state index in [1.165, 1.54) is 24.5 Å². The van der Waals surface area contributed by atoms with Gasteiger partial charge in [0.05, 0.1) is 37.6 Å². The Kier molecular flexibility index (Phi) is 8.58. The fourth-order valence-electron chi connectivity index (χ4n) is 4.57. The molecule has 16 nitrogen and oxygen atoms in total. The number of aliphatic hydroxyl groups is 3. The number of hydrogen-bond donors (Lipinski definition) is 4. The summed E-state index contributed by atoms with van der Waals surface area (Å²) < 4.78 is 38.8. The highest BCUT2D eigenvalue weighted by atomic mass is 31.2. The highest BCUT2D eigenvalue weighted by molar-refractivity contribution is 7.53. The second kappa shape index (κ2) is 11.4. The van der Waals surface area contributed by atoms with Crippen molar-refractivity contribution >= 4 is 7.60 Å². The summed E-state index contributed by atoms with van der Waals surface area (Å²) in [5.41, 5.74) is -2.37. The van der Waals surface area contributed by atoms with Crippen molar-refractivity contribution in [2.75, 3.05) is 19.9 Å². The molecule has 0 aliphatic carbocycles. The zero-order valence-corrected chi connectivity index (χ0v) is 22.4. The van der Waals surface area contributed by atoms with Crippen LogP contribution in [0.1, 0.15) is 36.4 Å². The van der Waals surface area contributed by atoms with E-state index in [4.69, 9.17) is 18.5 Å². The fraction of sp³-hybridized carbons (Fsp3) is 0.636. The van der Waals surface area contributed by atoms with E-state index in [-0.39, 0.29) is 25.0 Å². The van der Waals surface area contributed by atoms with Gasteiger partial charge >= 0.3 is 19.0 Å². The molecule has 2 aromatic rings. The number of nitrogens with one attached hydrogen (secondary N) is 1. The highest BCUT2D eigenvalue weighted by Gasteiger charge is 2.42. The minimum atomic E-state index is -3.83. The van der Waals surface area contributed by atoms with Crippen LogP contribution in [0.3, 0.4) is 0 Å². The van der Waals surface area contributed by atoms with Gasteiger partial charge in [-0.25, -0.2) is 9.59 Å². The van der Waals surface area contributed by atoms with E-state index in [9.17, 15) is 39.1 Å². The van der Waals surface area contributed by atoms with Crippen LogP contribution < -0.4 is 22.5 Å². The van der Waals surface area contributed by atoms with E-state index < -0.39 is 80.2 Å². The number of aromatic amines is 1. The lowest BCUT2D eigenvalue weighted by Crippen LogP contribution is -2.40. The smallest absolute Gasteiger partial charge is 0.332 e. The van der Waals surface area contributed by atoms with Crippen LogP contribution in [-0.2, 0) is 36.7 Å². The summed E-state index contributed by atoms with van der Waals surface area (Å²) in [6, 6.07) is 0. The second-order valence-electron chi connectivity index (χ2n) is 9.54. The predicted octanol–water partition coefficient (Wildman–Crippen LogP) is -1.95. The first-order valence-corrected chi connectivity index (χ1v) is 14.1. The van der Waals surface area contributed by atoms with E-state index in [1.807, 2.05) is 0 Å². The van der Waals surface area contributed by atoms with Gasteiger partial charge in [0, 0.05) is 44.5 Å². The van der Waals surface area contributed by atoms with Gasteiger partial charge in [0.15, 0.2) is 0 Å². The highest BCUT2D eigenvalue weighted by Crippen LogP contribution is 2.49. The molecule has 4 N–H and O–H groups in total. The van der Waals surface area contributed by atoms with Crippen molar-refractivity contribution < 1.29 is 38.4 Å². The average Bonchev–Trinajstić information content (AvgIpc) is 3.46. The van der Waals surface area contributed by atoms with Crippen molar-refractivity contribution in [2.24, 2.45) is 7.05 Å². The molecule has 0 unspecified atom stereocenters. The molecular weight excluding hydrogens is 543 g/mol. The van der Waals surface area contributed by atoms with Gasteiger partial charge < -0.3 is 33.8 Å². The van der Waals surface area contributed by atoms with Crippen LogP contribution in [0, 0.1) is 6.92 Å². The summed E-state index contributed by atoms with van der Waals surface area (Å²) >= 11 is 0. The molecule has 2 aliphatic heterocycles. The zero-order valence-electron chi connectivity index (χ0n) is 21.5. The molecule has 0 amide bonds. The van der Waals surface area contributed by atoms with Gasteiger partial charge in [0.25, 0.3) is 11.1 Å². The molecule has 4 rings (SSSR count). The van der Waals surface area contributed by atoms with Gasteiger partial charge in [0.1, 0.15) is 24.7 Å². The fourth-order valence-corrected chi connectivity index (χ4v) is 5.76. The zero-order chi connectivity index (χ0) is 28.6. The predicted molar refractivity (Wildman–Crippen MR) is 132 cm³/mol. The number of nitrogens with zero attached hydrogens (tertiary/aromatic N) is 3. The number of aryl methyl sites for hydroxylation is 1. The van der Waals surface area contributed by atoms with Crippen molar-refractivity contribution in [3.05, 3.63) is 65.2 Å². The number of aromatic nitrogens is 4. The molecule has 2 aromatic heterocycles. The number of rotatable bonds is 9. The normalized spacial score (nSPS) is 28.6. The van der Waals surface area contributed by atoms with Crippen molar-refractivity contribution in [2.45, 2.75) is 63.2 Å². The first-order chi connectivity index (χ1) is 18.3. The molecular formula is C22H31N4O12P. The van der Waals surface area contributed by atoms with Crippen LogP contribution in [0.2, 0.25) is 0 Å². The molecule has 2 aliphatic rings. The molecule has 0 spiro atoms. The molecule has 0 bridgehead atoms. The average molecular weight is 574 g/mol. The molecule has 39 heavy (non-hydrogen) atoms. The van der Waals surface area contributed by atoms with Crippen LogP contribution in [0.15, 0.2) is 31.6 Å². The van der Waals surface area contributed by atoms with Crippen molar-refractivity contribution in [3.8, 4) is 0 Å². The lowest BCUT2D eigenvalue weighted by atomic mass is 10.2. The van der Waals surface area contributed by atoms with Crippen molar-refractivity contribution in [1.82, 2.24) is 18.7 Å². The molecule has 17 heteroatoms. The molecule has 2 saturated heterocycles. The summed E-state index contributed by atoms with van der Waals surface area (Å²) in [5, 5.41) is 29.5. The lowest BCUT2D eigenvalue weighted by molar-refractivity contribution is -0.0523. The number of H-pyrrole nitrogens is 1. The molecule has 0 saturated carbocycles. The maximum Gasteiger partial charge on any atom is 0.332 e. The maximum absolute atomic E-state index is 13.1. The third-order valence-electron chi connectivity index (χ3n) is 6.68. The third-order valence-corrected chi connectivity index (χ3v) is 7.95. The molecule has 0 aromatic carbocycles. The Morgan fingerprint density at radius 3 is 2.41 bits per heavy atom. The topological polar surface area (TPSA) is 214 Å². The van der Waals surface area contributed by atoms with Gasteiger partial charge in [-0.05, 0) is 6.92 Å². The maximum atomic E-state index is 13.1. The Morgan fingerprint density at radius 2 is 1.74 bits per heavy atom. The van der Waals surface area contributed by atoms with Gasteiger partial charge in [-0.15, -0.1) is 0 Å². The summed E-state index contributed by atoms with van der Waals surface area (Å²) in [6.45, 7) is 1.22. The van der Waals surface area contributed by atoms with Crippen LogP contribution in [0.25, 0.3) is 0 Å². The monoisotopic (exact) mass is 574 g/mol. The summed E-state index contributed by atoms with van der Waals surface area (Å²) in [7, 11) is -2.49. The van der Waals surface area contributed by atoms with Gasteiger partial charge in [-0.1, -0.05) is 0 Å². The Morgan fingerprint density at radius 1 is 1.08 bits per heavy atom. The Balaban J connectivity index is 1.41. The van der Waals surface area contributed by atoms with Crippen molar-refractivity contribution in [1.29, 1.82) is 0 Å². The van der Waals surface area contributed by atoms with Crippen LogP contribution >= 0.6 is 7.60 Å².